The average molecular weight is 412 g/mol. The van der Waals surface area contributed by atoms with E-state index in [0.717, 1.165) is 0 Å². The zero-order chi connectivity index (χ0) is 20.5. The van der Waals surface area contributed by atoms with Crippen LogP contribution in [0.15, 0.2) is 45.2 Å². The summed E-state index contributed by atoms with van der Waals surface area (Å²) >= 11 is 1.26. The molecule has 1 N–H and O–H groups in total. The molecule has 0 aliphatic rings. The second-order valence-corrected chi connectivity index (χ2v) is 7.24. The number of aryl methyl sites for hydroxylation is 2. The summed E-state index contributed by atoms with van der Waals surface area (Å²) < 4.78 is 7.56. The number of rotatable bonds is 5. The maximum atomic E-state index is 12.5. The number of methoxy groups -OCH3 is 1. The number of hydrogen-bond donors (Lipinski definition) is 1. The van der Waals surface area contributed by atoms with Gasteiger partial charge in [-0.05, 0) is 25.1 Å². The highest BCUT2D eigenvalue weighted by molar-refractivity contribution is 7.99. The quantitative estimate of drug-likeness (QED) is 0.293. The van der Waals surface area contributed by atoms with Crippen molar-refractivity contribution in [2.24, 2.45) is 0 Å². The summed E-state index contributed by atoms with van der Waals surface area (Å²) in [6.45, 7) is 2.04. The van der Waals surface area contributed by atoms with Crippen molar-refractivity contribution in [2.75, 3.05) is 12.9 Å². The molecule has 4 rings (SSSR count). The Morgan fingerprint density at radius 3 is 2.86 bits per heavy atom. The number of fused-ring (bicyclic) bond motifs is 2. The molecule has 4 aromatic heterocycles. The van der Waals surface area contributed by atoms with Crippen molar-refractivity contribution in [3.8, 4) is 0 Å². The highest BCUT2D eigenvalue weighted by atomic mass is 32.2. The van der Waals surface area contributed by atoms with Crippen LogP contribution in [0.4, 0.5) is 0 Å². The highest BCUT2D eigenvalue weighted by Crippen LogP contribution is 2.18. The molecule has 4 heterocycles. The van der Waals surface area contributed by atoms with Crippen LogP contribution < -0.4 is 11.2 Å². The summed E-state index contributed by atoms with van der Waals surface area (Å²) in [5.74, 6) is -0.173. The van der Waals surface area contributed by atoms with E-state index >= 15 is 0 Å². The second kappa shape index (κ2) is 7.51. The van der Waals surface area contributed by atoms with Crippen molar-refractivity contribution >= 4 is 34.4 Å². The zero-order valence-electron chi connectivity index (χ0n) is 15.6. The van der Waals surface area contributed by atoms with E-state index < -0.39 is 11.5 Å². The van der Waals surface area contributed by atoms with Crippen molar-refractivity contribution in [3.63, 3.8) is 0 Å². The van der Waals surface area contributed by atoms with E-state index in [1.165, 1.54) is 34.0 Å². The average Bonchev–Trinajstić information content (AvgIpc) is 3.02. The Balaban J connectivity index is 1.60. The molecule has 0 unspecified atom stereocenters. The lowest BCUT2D eigenvalue weighted by Crippen LogP contribution is -2.22. The number of esters is 1. The molecule has 0 radical (unpaired) electrons. The van der Waals surface area contributed by atoms with Crippen LogP contribution in [0.2, 0.25) is 0 Å². The summed E-state index contributed by atoms with van der Waals surface area (Å²) in [5, 5.41) is 4.69. The summed E-state index contributed by atoms with van der Waals surface area (Å²) in [5.41, 5.74) is 0.688. The van der Waals surface area contributed by atoms with Crippen LogP contribution >= 0.6 is 11.8 Å². The number of thioether (sulfide) groups is 1. The van der Waals surface area contributed by atoms with E-state index in [4.69, 9.17) is 4.74 Å². The van der Waals surface area contributed by atoms with Crippen molar-refractivity contribution in [1.29, 1.82) is 0 Å². The van der Waals surface area contributed by atoms with Gasteiger partial charge >= 0.3 is 11.7 Å². The van der Waals surface area contributed by atoms with Gasteiger partial charge in [-0.15, -0.1) is 5.10 Å². The van der Waals surface area contributed by atoms with Gasteiger partial charge < -0.3 is 9.72 Å². The largest absolute Gasteiger partial charge is 0.465 e. The number of nitrogens with zero attached hydrogens (tertiary/aromatic N) is 5. The first-order valence-corrected chi connectivity index (χ1v) is 9.63. The van der Waals surface area contributed by atoms with Crippen molar-refractivity contribution in [3.05, 3.63) is 62.6 Å². The lowest BCUT2D eigenvalue weighted by atomic mass is 10.1. The van der Waals surface area contributed by atoms with E-state index in [0.29, 0.717) is 28.8 Å². The SMILES string of the molecule is COC(=O)c1cc(C)nc2nc(SCCn3nc4ccccn4c3=O)[nH]c(=O)c12. The topological polar surface area (TPSA) is 124 Å². The van der Waals surface area contributed by atoms with E-state index in [2.05, 4.69) is 20.1 Å². The maximum absolute atomic E-state index is 12.5. The Morgan fingerprint density at radius 2 is 2.10 bits per heavy atom. The van der Waals surface area contributed by atoms with Crippen molar-refractivity contribution in [2.45, 2.75) is 18.6 Å². The third kappa shape index (κ3) is 3.51. The minimum Gasteiger partial charge on any atom is -0.465 e. The molecule has 0 saturated heterocycles. The Labute approximate surface area is 167 Å². The van der Waals surface area contributed by atoms with Crippen LogP contribution in [-0.2, 0) is 11.3 Å². The molecule has 0 bridgehead atoms. The summed E-state index contributed by atoms with van der Waals surface area (Å²) in [6, 6.07) is 6.81. The predicted molar refractivity (Wildman–Crippen MR) is 106 cm³/mol. The monoisotopic (exact) mass is 412 g/mol. The fourth-order valence-corrected chi connectivity index (χ4v) is 3.70. The Kier molecular flexibility index (Phi) is 4.89. The standard InChI is InChI=1S/C18H16N6O4S/c1-10-9-11(16(26)28-2)13-14(19-10)20-17(21-15(13)25)29-8-7-24-18(27)23-6-4-3-5-12(23)22-24/h3-6,9H,7-8H2,1-2H3,(H,19,20,21,25). The van der Waals surface area contributed by atoms with Gasteiger partial charge in [0, 0.05) is 17.6 Å². The minimum atomic E-state index is -0.626. The molecule has 0 saturated carbocycles. The van der Waals surface area contributed by atoms with Gasteiger partial charge in [0.1, 0.15) is 0 Å². The molecule has 11 heteroatoms. The second-order valence-electron chi connectivity index (χ2n) is 6.16. The van der Waals surface area contributed by atoms with Gasteiger partial charge in [0.2, 0.25) is 0 Å². The Bertz CT molecular complexity index is 1360. The van der Waals surface area contributed by atoms with E-state index in [1.807, 2.05) is 6.07 Å². The number of ether oxygens (including phenoxy) is 1. The van der Waals surface area contributed by atoms with Crippen LogP contribution in [0.3, 0.4) is 0 Å². The first kappa shape index (κ1) is 18.9. The van der Waals surface area contributed by atoms with Crippen molar-refractivity contribution in [1.82, 2.24) is 29.1 Å². The fourth-order valence-electron chi connectivity index (χ4n) is 2.93. The van der Waals surface area contributed by atoms with Gasteiger partial charge in [0.05, 0.1) is 24.6 Å². The molecule has 0 aliphatic heterocycles. The molecule has 0 atom stereocenters. The number of aromatic nitrogens is 6. The molecule has 0 spiro atoms. The molecule has 0 aromatic carbocycles. The molecular formula is C18H16N6O4S. The number of H-pyrrole nitrogens is 1. The van der Waals surface area contributed by atoms with Gasteiger partial charge in [-0.3, -0.25) is 9.20 Å². The number of carbonyl (C=O) groups excluding carboxylic acids is 1. The number of carbonyl (C=O) groups is 1. The lowest BCUT2D eigenvalue weighted by molar-refractivity contribution is 0.0602. The fraction of sp³-hybridized carbons (Fsp3) is 0.222. The normalized spacial score (nSPS) is 11.2. The molecule has 4 aromatic rings. The summed E-state index contributed by atoms with van der Waals surface area (Å²) in [6.07, 6.45) is 1.66. The molecule has 0 aliphatic carbocycles. The number of nitrogens with one attached hydrogen (secondary N) is 1. The number of aromatic amines is 1. The molecule has 0 amide bonds. The third-order valence-electron chi connectivity index (χ3n) is 4.22. The maximum Gasteiger partial charge on any atom is 0.350 e. The molecule has 29 heavy (non-hydrogen) atoms. The predicted octanol–water partition coefficient (Wildman–Crippen LogP) is 1.01. The van der Waals surface area contributed by atoms with Gasteiger partial charge in [0.25, 0.3) is 5.56 Å². The Morgan fingerprint density at radius 1 is 1.28 bits per heavy atom. The molecule has 148 valence electrons. The first-order valence-electron chi connectivity index (χ1n) is 8.65. The number of pyridine rings is 2. The van der Waals surface area contributed by atoms with Gasteiger partial charge in [0.15, 0.2) is 16.5 Å². The molecule has 10 nitrogen and oxygen atoms in total. The molecule has 0 fully saturated rings. The van der Waals surface area contributed by atoms with E-state index in [-0.39, 0.29) is 22.3 Å². The van der Waals surface area contributed by atoms with Gasteiger partial charge in [-0.25, -0.2) is 24.2 Å². The summed E-state index contributed by atoms with van der Waals surface area (Å²) in [4.78, 5) is 48.1. The zero-order valence-corrected chi connectivity index (χ0v) is 16.4. The summed E-state index contributed by atoms with van der Waals surface area (Å²) in [7, 11) is 1.25. The van der Waals surface area contributed by atoms with Gasteiger partial charge in [-0.1, -0.05) is 17.8 Å². The molecular weight excluding hydrogens is 396 g/mol. The van der Waals surface area contributed by atoms with E-state index in [1.54, 1.807) is 25.3 Å². The van der Waals surface area contributed by atoms with Gasteiger partial charge in [-0.2, -0.15) is 0 Å². The lowest BCUT2D eigenvalue weighted by Gasteiger charge is -2.07. The smallest absolute Gasteiger partial charge is 0.350 e. The van der Waals surface area contributed by atoms with Crippen molar-refractivity contribution < 1.29 is 9.53 Å². The van der Waals surface area contributed by atoms with Crippen LogP contribution in [0.5, 0.6) is 0 Å². The third-order valence-corrected chi connectivity index (χ3v) is 5.07. The minimum absolute atomic E-state index is 0.0865. The van der Waals surface area contributed by atoms with Crippen LogP contribution in [0, 0.1) is 6.92 Å². The van der Waals surface area contributed by atoms with E-state index in [9.17, 15) is 14.4 Å². The first-order chi connectivity index (χ1) is 14.0. The van der Waals surface area contributed by atoms with Crippen LogP contribution in [-0.4, -0.2) is 48.0 Å². The number of hydrogen-bond acceptors (Lipinski definition) is 8. The Hall–Kier alpha value is -3.47. The highest BCUT2D eigenvalue weighted by Gasteiger charge is 2.17. The van der Waals surface area contributed by atoms with Crippen LogP contribution in [0.1, 0.15) is 16.1 Å². The van der Waals surface area contributed by atoms with Crippen LogP contribution in [0.25, 0.3) is 16.7 Å².